The number of hydrogen-bond donors (Lipinski definition) is 3. The van der Waals surface area contributed by atoms with Gasteiger partial charge in [-0.25, -0.2) is 9.78 Å². The van der Waals surface area contributed by atoms with Crippen molar-refractivity contribution in [2.24, 2.45) is 7.05 Å². The van der Waals surface area contributed by atoms with Gasteiger partial charge in [0.25, 0.3) is 5.91 Å². The fourth-order valence-corrected chi connectivity index (χ4v) is 7.20. The predicted octanol–water partition coefficient (Wildman–Crippen LogP) is 6.19. The number of halogens is 3. The highest BCUT2D eigenvalue weighted by Gasteiger charge is 2.28. The maximum atomic E-state index is 13.5. The summed E-state index contributed by atoms with van der Waals surface area (Å²) in [6.07, 6.45) is 2.61. The van der Waals surface area contributed by atoms with Gasteiger partial charge in [0.2, 0.25) is 5.91 Å². The second kappa shape index (κ2) is 15.7. The molecule has 268 valence electrons. The molecule has 6 rings (SSSR count). The van der Waals surface area contributed by atoms with Crippen LogP contribution in [-0.2, 0) is 31.4 Å². The molecule has 15 heteroatoms. The molecule has 0 radical (unpaired) electrons. The lowest BCUT2D eigenvalue weighted by Crippen LogP contribution is -2.41. The predicted molar refractivity (Wildman–Crippen MR) is 192 cm³/mol. The number of aromatic nitrogens is 3. The van der Waals surface area contributed by atoms with Crippen LogP contribution in [0.3, 0.4) is 0 Å². The molecule has 1 atom stereocenters. The zero-order chi connectivity index (χ0) is 36.2. The quantitative estimate of drug-likeness (QED) is 0.156. The minimum atomic E-state index is -1.10. The molecular weight excluding hydrogens is 700 g/mol. The molecule has 4 aromatic rings. The molecular formula is C36H38Cl2FN7O5. The third-order valence-electron chi connectivity index (χ3n) is 9.29. The summed E-state index contributed by atoms with van der Waals surface area (Å²) in [5, 5.41) is 16.2. The summed E-state index contributed by atoms with van der Waals surface area (Å²) in [7, 11) is 3.30. The summed E-state index contributed by atoms with van der Waals surface area (Å²) < 4.78 is 20.2. The van der Waals surface area contributed by atoms with Crippen LogP contribution in [0.25, 0.3) is 22.4 Å². The molecule has 1 saturated heterocycles. The van der Waals surface area contributed by atoms with Crippen molar-refractivity contribution >= 4 is 46.8 Å². The molecule has 12 nitrogen and oxygen atoms in total. The molecule has 2 aromatic carbocycles. The Kier molecular flexibility index (Phi) is 11.1. The van der Waals surface area contributed by atoms with E-state index in [1.54, 1.807) is 60.3 Å². The number of benzene rings is 2. The number of alkyl halides is 1. The number of rotatable bonds is 12. The number of ether oxygens (including phenoxy) is 1. The number of carboxylic acid groups (broad SMARTS) is 1. The van der Waals surface area contributed by atoms with E-state index in [9.17, 15) is 23.9 Å². The van der Waals surface area contributed by atoms with Crippen molar-refractivity contribution in [1.29, 1.82) is 0 Å². The number of methoxy groups -OCH3 is 1. The van der Waals surface area contributed by atoms with Crippen molar-refractivity contribution in [2.45, 2.75) is 44.8 Å². The number of carbonyl (C=O) groups is 3. The number of pyridine rings is 1. The van der Waals surface area contributed by atoms with Gasteiger partial charge in [0.05, 0.1) is 53.1 Å². The highest BCUT2D eigenvalue weighted by atomic mass is 35.5. The van der Waals surface area contributed by atoms with Crippen LogP contribution >= 0.6 is 23.2 Å². The van der Waals surface area contributed by atoms with E-state index in [4.69, 9.17) is 27.9 Å². The molecule has 0 saturated carbocycles. The zero-order valence-electron chi connectivity index (χ0n) is 28.2. The Morgan fingerprint density at radius 2 is 1.96 bits per heavy atom. The summed E-state index contributed by atoms with van der Waals surface area (Å²) in [5.41, 5.74) is 5.05. The molecule has 2 aliphatic rings. The van der Waals surface area contributed by atoms with Crippen LogP contribution in [0.4, 0.5) is 14.9 Å². The average Bonchev–Trinajstić information content (AvgIpc) is 3.69. The highest BCUT2D eigenvalue weighted by molar-refractivity contribution is 6.39. The molecule has 0 bridgehead atoms. The van der Waals surface area contributed by atoms with Crippen molar-refractivity contribution in [3.63, 3.8) is 0 Å². The number of imidazole rings is 1. The van der Waals surface area contributed by atoms with E-state index in [1.165, 1.54) is 12.0 Å². The summed E-state index contributed by atoms with van der Waals surface area (Å²) >= 11 is 13.9. The standard InChI is InChI=1S/C36H38Cl2FN7O5/c1-44-28-20-45(15-4-13-39)16-12-26(28)42-34(44)35(48)43-27-6-3-5-24(31(27)37)25-11-14-40-33(32(25)38)21-7-8-22(29(17-21)51-2)18-46(36(49)50)19-23-9-10-30(47)41-23/h3,5-8,11,14,17,23H,4,9-10,12-13,15-16,18-20H2,1-2H3,(H,41,47)(H,43,48)(H,49,50)/t23-/m0/s1. The van der Waals surface area contributed by atoms with E-state index in [1.807, 2.05) is 0 Å². The number of nitrogens with one attached hydrogen (secondary N) is 2. The van der Waals surface area contributed by atoms with Crippen LogP contribution in [0, 0.1) is 0 Å². The number of nitrogens with zero attached hydrogens (tertiary/aromatic N) is 5. The first-order valence-corrected chi connectivity index (χ1v) is 17.4. The Bertz CT molecular complexity index is 1970. The Labute approximate surface area is 304 Å². The van der Waals surface area contributed by atoms with Crippen LogP contribution < -0.4 is 15.4 Å². The van der Waals surface area contributed by atoms with Crippen LogP contribution in [0.2, 0.25) is 10.0 Å². The molecule has 1 fully saturated rings. The van der Waals surface area contributed by atoms with Crippen molar-refractivity contribution < 1.29 is 28.6 Å². The fraction of sp³-hybridized carbons (Fsp3) is 0.361. The van der Waals surface area contributed by atoms with Gasteiger partial charge in [0.1, 0.15) is 5.75 Å². The molecule has 4 heterocycles. The summed E-state index contributed by atoms with van der Waals surface area (Å²) in [4.78, 5) is 49.7. The second-order valence-electron chi connectivity index (χ2n) is 12.6. The Morgan fingerprint density at radius 3 is 2.69 bits per heavy atom. The van der Waals surface area contributed by atoms with Gasteiger partial charge in [0, 0.05) is 80.6 Å². The van der Waals surface area contributed by atoms with Crippen LogP contribution in [0.15, 0.2) is 48.7 Å². The van der Waals surface area contributed by atoms with Gasteiger partial charge in [-0.3, -0.25) is 23.9 Å². The normalized spacial score (nSPS) is 15.7. The molecule has 3 N–H and O–H groups in total. The first kappa shape index (κ1) is 36.1. The molecule has 51 heavy (non-hydrogen) atoms. The van der Waals surface area contributed by atoms with Gasteiger partial charge in [-0.15, -0.1) is 0 Å². The molecule has 2 aliphatic heterocycles. The van der Waals surface area contributed by atoms with Gasteiger partial charge in [-0.2, -0.15) is 0 Å². The van der Waals surface area contributed by atoms with E-state index < -0.39 is 12.0 Å². The average molecular weight is 739 g/mol. The van der Waals surface area contributed by atoms with Gasteiger partial charge < -0.3 is 29.9 Å². The number of amides is 3. The SMILES string of the molecule is COc1cc(-c2nccc(-c3cccc(NC(=O)c4nc5c(n4C)CN(CCCF)CC5)c3Cl)c2Cl)ccc1CN(C[C@@H]1CCC(=O)N1)C(=O)O. The van der Waals surface area contributed by atoms with Crippen LogP contribution in [-0.4, -0.2) is 86.8 Å². The summed E-state index contributed by atoms with van der Waals surface area (Å²) in [6, 6.07) is 12.1. The molecule has 0 aliphatic carbocycles. The highest BCUT2D eigenvalue weighted by Crippen LogP contribution is 2.41. The van der Waals surface area contributed by atoms with E-state index in [0.29, 0.717) is 83.2 Å². The number of hydrogen-bond acceptors (Lipinski definition) is 7. The Morgan fingerprint density at radius 1 is 1.16 bits per heavy atom. The van der Waals surface area contributed by atoms with Gasteiger partial charge in [0.15, 0.2) is 5.82 Å². The number of fused-ring (bicyclic) bond motifs is 1. The summed E-state index contributed by atoms with van der Waals surface area (Å²) in [5.74, 6) is 0.208. The summed E-state index contributed by atoms with van der Waals surface area (Å²) in [6.45, 7) is 1.86. The molecule has 2 aromatic heterocycles. The monoisotopic (exact) mass is 737 g/mol. The minimum absolute atomic E-state index is 0.0558. The smallest absolute Gasteiger partial charge is 0.407 e. The van der Waals surface area contributed by atoms with Crippen molar-refractivity contribution in [2.75, 3.05) is 38.7 Å². The van der Waals surface area contributed by atoms with Crippen LogP contribution in [0.5, 0.6) is 5.75 Å². The lowest BCUT2D eigenvalue weighted by Gasteiger charge is -2.26. The second-order valence-corrected chi connectivity index (χ2v) is 13.3. The van der Waals surface area contributed by atoms with Crippen molar-refractivity contribution in [3.8, 4) is 28.1 Å². The van der Waals surface area contributed by atoms with E-state index in [0.717, 1.165) is 17.9 Å². The van der Waals surface area contributed by atoms with E-state index in [-0.39, 0.29) is 42.6 Å². The Hall–Kier alpha value is -4.72. The van der Waals surface area contributed by atoms with Crippen LogP contribution in [0.1, 0.15) is 46.8 Å². The van der Waals surface area contributed by atoms with Gasteiger partial charge >= 0.3 is 6.09 Å². The maximum absolute atomic E-state index is 13.5. The lowest BCUT2D eigenvalue weighted by molar-refractivity contribution is -0.119. The first-order valence-electron chi connectivity index (χ1n) is 16.6. The van der Waals surface area contributed by atoms with Crippen molar-refractivity contribution in [1.82, 2.24) is 29.7 Å². The third-order valence-corrected chi connectivity index (χ3v) is 10.1. The molecule has 0 spiro atoms. The minimum Gasteiger partial charge on any atom is -0.496 e. The van der Waals surface area contributed by atoms with Gasteiger partial charge in [-0.05, 0) is 31.0 Å². The topological polar surface area (TPSA) is 142 Å². The largest absolute Gasteiger partial charge is 0.496 e. The molecule has 3 amide bonds. The first-order chi connectivity index (χ1) is 24.6. The maximum Gasteiger partial charge on any atom is 0.407 e. The van der Waals surface area contributed by atoms with Gasteiger partial charge in [-0.1, -0.05) is 47.5 Å². The third kappa shape index (κ3) is 7.80. The zero-order valence-corrected chi connectivity index (χ0v) is 29.7. The number of carbonyl (C=O) groups excluding carboxylic acids is 2. The van der Waals surface area contributed by atoms with Crippen molar-refractivity contribution in [3.05, 3.63) is 81.5 Å². The van der Waals surface area contributed by atoms with E-state index in [2.05, 4.69) is 25.5 Å². The fourth-order valence-electron chi connectivity index (χ4n) is 6.60. The molecule has 0 unspecified atom stereocenters. The lowest BCUT2D eigenvalue weighted by atomic mass is 10.0. The van der Waals surface area contributed by atoms with E-state index >= 15 is 0 Å². The Balaban J connectivity index is 1.22. The number of anilines is 1.